The predicted molar refractivity (Wildman–Crippen MR) is 73.6 cm³/mol. The van der Waals surface area contributed by atoms with E-state index in [2.05, 4.69) is 11.7 Å². The molecule has 0 heterocycles. The molecule has 19 heavy (non-hydrogen) atoms. The number of carbonyl (C=O) groups is 2. The van der Waals surface area contributed by atoms with Crippen molar-refractivity contribution in [2.45, 2.75) is 32.7 Å². The molecular formula is C15H21NO3. The molecule has 0 saturated carbocycles. The van der Waals surface area contributed by atoms with E-state index < -0.39 is 5.97 Å². The van der Waals surface area contributed by atoms with Crippen molar-refractivity contribution in [1.29, 1.82) is 0 Å². The second-order valence-electron chi connectivity index (χ2n) is 4.57. The lowest BCUT2D eigenvalue weighted by Crippen LogP contribution is -2.33. The number of carbonyl (C=O) groups excluding carboxylic acids is 2. The van der Waals surface area contributed by atoms with Crippen molar-refractivity contribution in [1.82, 2.24) is 4.90 Å². The Morgan fingerprint density at radius 3 is 2.47 bits per heavy atom. The van der Waals surface area contributed by atoms with Gasteiger partial charge in [-0.2, -0.15) is 0 Å². The van der Waals surface area contributed by atoms with Crippen LogP contribution in [0.2, 0.25) is 0 Å². The highest BCUT2D eigenvalue weighted by atomic mass is 16.5. The molecule has 1 aromatic rings. The summed E-state index contributed by atoms with van der Waals surface area (Å²) in [6.45, 7) is 4.06. The van der Waals surface area contributed by atoms with Crippen molar-refractivity contribution in [2.24, 2.45) is 0 Å². The largest absolute Gasteiger partial charge is 0.468 e. The van der Waals surface area contributed by atoms with E-state index in [0.29, 0.717) is 0 Å². The first-order valence-electron chi connectivity index (χ1n) is 6.46. The molecule has 0 bridgehead atoms. The van der Waals surface area contributed by atoms with Crippen molar-refractivity contribution in [3.63, 3.8) is 0 Å². The van der Waals surface area contributed by atoms with Crippen molar-refractivity contribution < 1.29 is 14.3 Å². The van der Waals surface area contributed by atoms with E-state index in [1.807, 2.05) is 31.2 Å². The van der Waals surface area contributed by atoms with E-state index in [4.69, 9.17) is 0 Å². The SMILES string of the molecule is CCCC(c1ccc(C)cc1)N(C=O)CC(=O)OC. The highest BCUT2D eigenvalue weighted by Crippen LogP contribution is 2.24. The molecule has 4 heteroatoms. The number of methoxy groups -OCH3 is 1. The van der Waals surface area contributed by atoms with Crippen LogP contribution in [0.3, 0.4) is 0 Å². The minimum atomic E-state index is -0.402. The zero-order valence-electron chi connectivity index (χ0n) is 11.8. The molecule has 4 nitrogen and oxygen atoms in total. The topological polar surface area (TPSA) is 46.6 Å². The molecular weight excluding hydrogens is 242 g/mol. The first-order valence-corrected chi connectivity index (χ1v) is 6.46. The minimum absolute atomic E-state index is 0.0153. The van der Waals surface area contributed by atoms with Crippen LogP contribution in [0.15, 0.2) is 24.3 Å². The van der Waals surface area contributed by atoms with Crippen LogP contribution in [0.4, 0.5) is 0 Å². The standard InChI is InChI=1S/C15H21NO3/c1-4-5-14(13-8-6-12(2)7-9-13)16(11-17)10-15(18)19-3/h6-9,11,14H,4-5,10H2,1-3H3. The Balaban J connectivity index is 2.93. The van der Waals surface area contributed by atoms with Crippen LogP contribution in [-0.4, -0.2) is 30.9 Å². The molecule has 1 amide bonds. The summed E-state index contributed by atoms with van der Waals surface area (Å²) in [5.74, 6) is -0.402. The zero-order chi connectivity index (χ0) is 14.3. The molecule has 104 valence electrons. The van der Waals surface area contributed by atoms with Crippen LogP contribution in [-0.2, 0) is 14.3 Å². The fourth-order valence-electron chi connectivity index (χ4n) is 2.02. The quantitative estimate of drug-likeness (QED) is 0.561. The molecule has 0 fully saturated rings. The molecule has 0 saturated heterocycles. The number of ether oxygens (including phenoxy) is 1. The summed E-state index contributed by atoms with van der Waals surface area (Å²) in [5.41, 5.74) is 2.22. The Hall–Kier alpha value is -1.84. The third-order valence-electron chi connectivity index (χ3n) is 3.10. The van der Waals surface area contributed by atoms with Gasteiger partial charge in [-0.3, -0.25) is 9.59 Å². The maximum Gasteiger partial charge on any atom is 0.325 e. The van der Waals surface area contributed by atoms with E-state index in [1.54, 1.807) is 0 Å². The smallest absolute Gasteiger partial charge is 0.325 e. The normalized spacial score (nSPS) is 11.7. The van der Waals surface area contributed by atoms with Crippen molar-refractivity contribution in [3.8, 4) is 0 Å². The molecule has 1 aromatic carbocycles. The Morgan fingerprint density at radius 2 is 2.00 bits per heavy atom. The van der Waals surface area contributed by atoms with Crippen molar-refractivity contribution in [3.05, 3.63) is 35.4 Å². The lowest BCUT2D eigenvalue weighted by atomic mass is 10.00. The molecule has 1 rings (SSSR count). The van der Waals surface area contributed by atoms with Gasteiger partial charge in [-0.25, -0.2) is 0 Å². The van der Waals surface area contributed by atoms with Gasteiger partial charge in [-0.15, -0.1) is 0 Å². The van der Waals surface area contributed by atoms with E-state index >= 15 is 0 Å². The highest BCUT2D eigenvalue weighted by Gasteiger charge is 2.20. The summed E-state index contributed by atoms with van der Waals surface area (Å²) in [6, 6.07) is 7.95. The number of esters is 1. The van der Waals surface area contributed by atoms with Gasteiger partial charge in [0.05, 0.1) is 13.2 Å². The van der Waals surface area contributed by atoms with E-state index in [0.717, 1.165) is 24.8 Å². The average Bonchev–Trinajstić information content (AvgIpc) is 2.43. The first kappa shape index (κ1) is 15.2. The second kappa shape index (κ2) is 7.56. The summed E-state index contributed by atoms with van der Waals surface area (Å²) in [4.78, 5) is 24.1. The number of rotatable bonds is 7. The third-order valence-corrected chi connectivity index (χ3v) is 3.10. The first-order chi connectivity index (χ1) is 9.12. The molecule has 0 radical (unpaired) electrons. The summed E-state index contributed by atoms with van der Waals surface area (Å²) in [7, 11) is 1.33. The van der Waals surface area contributed by atoms with Crippen LogP contribution < -0.4 is 0 Å². The Labute approximate surface area is 114 Å². The molecule has 0 aliphatic heterocycles. The van der Waals surface area contributed by atoms with Gasteiger partial charge in [-0.1, -0.05) is 43.2 Å². The highest BCUT2D eigenvalue weighted by molar-refractivity contribution is 5.74. The average molecular weight is 263 g/mol. The molecule has 0 aliphatic rings. The van der Waals surface area contributed by atoms with Gasteiger partial charge in [0.15, 0.2) is 0 Å². The molecule has 1 atom stereocenters. The monoisotopic (exact) mass is 263 g/mol. The molecule has 0 aromatic heterocycles. The Bertz CT molecular complexity index is 414. The lowest BCUT2D eigenvalue weighted by molar-refractivity contribution is -0.145. The summed E-state index contributed by atoms with van der Waals surface area (Å²) >= 11 is 0. The summed E-state index contributed by atoms with van der Waals surface area (Å²) in [6.07, 6.45) is 2.47. The maximum atomic E-state index is 11.4. The van der Waals surface area contributed by atoms with E-state index in [9.17, 15) is 9.59 Å². The fourth-order valence-corrected chi connectivity index (χ4v) is 2.02. The zero-order valence-corrected chi connectivity index (χ0v) is 11.8. The van der Waals surface area contributed by atoms with Crippen LogP contribution in [0, 0.1) is 6.92 Å². The number of hydrogen-bond donors (Lipinski definition) is 0. The molecule has 0 N–H and O–H groups in total. The predicted octanol–water partition coefficient (Wildman–Crippen LogP) is 2.47. The van der Waals surface area contributed by atoms with Gasteiger partial charge in [0.1, 0.15) is 6.54 Å². The Kier molecular flexibility index (Phi) is 6.06. The number of amides is 1. The van der Waals surface area contributed by atoms with Crippen molar-refractivity contribution in [2.75, 3.05) is 13.7 Å². The van der Waals surface area contributed by atoms with Crippen LogP contribution in [0.5, 0.6) is 0 Å². The van der Waals surface area contributed by atoms with E-state index in [1.165, 1.54) is 17.6 Å². The van der Waals surface area contributed by atoms with Crippen LogP contribution in [0.25, 0.3) is 0 Å². The fraction of sp³-hybridized carbons (Fsp3) is 0.467. The van der Waals surface area contributed by atoms with Gasteiger partial charge in [0, 0.05) is 0 Å². The van der Waals surface area contributed by atoms with Gasteiger partial charge >= 0.3 is 5.97 Å². The number of benzene rings is 1. The molecule has 0 aliphatic carbocycles. The van der Waals surface area contributed by atoms with Crippen LogP contribution >= 0.6 is 0 Å². The number of nitrogens with zero attached hydrogens (tertiary/aromatic N) is 1. The summed E-state index contributed by atoms with van der Waals surface area (Å²) < 4.78 is 4.63. The van der Waals surface area contributed by atoms with Gasteiger partial charge in [-0.05, 0) is 18.9 Å². The molecule has 1 unspecified atom stereocenters. The van der Waals surface area contributed by atoms with Crippen LogP contribution in [0.1, 0.15) is 36.9 Å². The van der Waals surface area contributed by atoms with Gasteiger partial charge < -0.3 is 9.64 Å². The number of aryl methyl sites for hydroxylation is 1. The third kappa shape index (κ3) is 4.39. The molecule has 0 spiro atoms. The second-order valence-corrected chi connectivity index (χ2v) is 4.57. The van der Waals surface area contributed by atoms with Gasteiger partial charge in [0.2, 0.25) is 6.41 Å². The minimum Gasteiger partial charge on any atom is -0.468 e. The number of hydrogen-bond acceptors (Lipinski definition) is 3. The van der Waals surface area contributed by atoms with Crippen molar-refractivity contribution >= 4 is 12.4 Å². The lowest BCUT2D eigenvalue weighted by Gasteiger charge is -2.27. The maximum absolute atomic E-state index is 11.4. The summed E-state index contributed by atoms with van der Waals surface area (Å²) in [5, 5.41) is 0. The van der Waals surface area contributed by atoms with E-state index in [-0.39, 0.29) is 12.6 Å². The van der Waals surface area contributed by atoms with Gasteiger partial charge in [0.25, 0.3) is 0 Å². The Morgan fingerprint density at radius 1 is 1.37 bits per heavy atom.